The molecule has 2 aliphatic rings. The molecule has 4 rings (SSSR count). The fourth-order valence-electron chi connectivity index (χ4n) is 3.30. The summed E-state index contributed by atoms with van der Waals surface area (Å²) in [5.74, 6) is -0.451. The molecule has 1 aliphatic carbocycles. The molecule has 9 nitrogen and oxygen atoms in total. The molecule has 1 aromatic heterocycles. The number of thiazole rings is 1. The summed E-state index contributed by atoms with van der Waals surface area (Å²) in [6, 6.07) is 6.71. The third kappa shape index (κ3) is 6.08. The Hall–Kier alpha value is -2.98. The van der Waals surface area contributed by atoms with E-state index in [2.05, 4.69) is 15.6 Å². The number of anilines is 1. The van der Waals surface area contributed by atoms with Crippen LogP contribution in [0.25, 0.3) is 11.3 Å². The molecule has 1 saturated carbocycles. The normalized spacial score (nSPS) is 18.5. The van der Waals surface area contributed by atoms with E-state index < -0.39 is 17.7 Å². The Morgan fingerprint density at radius 1 is 1.18 bits per heavy atom. The van der Waals surface area contributed by atoms with Gasteiger partial charge in [-0.2, -0.15) is 0 Å². The third-order valence-electron chi connectivity index (χ3n) is 5.15. The van der Waals surface area contributed by atoms with Crippen LogP contribution in [0.15, 0.2) is 29.6 Å². The van der Waals surface area contributed by atoms with Gasteiger partial charge in [0.1, 0.15) is 11.6 Å². The maximum Gasteiger partial charge on any atom is 0.411 e. The minimum atomic E-state index is -0.801. The first-order chi connectivity index (χ1) is 15.7. The zero-order valence-electron chi connectivity index (χ0n) is 18.9. The Bertz CT molecular complexity index is 1030. The van der Waals surface area contributed by atoms with Crippen molar-refractivity contribution < 1.29 is 23.9 Å². The standard InChI is InChI=1S/C23H28N4O5S/c1-23(2,3)32-22(30)27-10-11-31-12-18(27)20(29)26-21-25-17(13-33-21)14-4-6-15(7-5-14)19(28)24-16-8-9-16/h4-7,13,16,18H,8-12H2,1-3H3,(H,24,28)(H,25,26,29)/t18-/m0/s1. The van der Waals surface area contributed by atoms with Crippen LogP contribution in [-0.2, 0) is 14.3 Å². The summed E-state index contributed by atoms with van der Waals surface area (Å²) in [4.78, 5) is 43.5. The van der Waals surface area contributed by atoms with Gasteiger partial charge in [0.05, 0.1) is 18.9 Å². The molecule has 2 heterocycles. The maximum absolute atomic E-state index is 12.9. The lowest BCUT2D eigenvalue weighted by molar-refractivity contribution is -0.127. The lowest BCUT2D eigenvalue weighted by atomic mass is 10.1. The molecule has 10 heteroatoms. The predicted molar refractivity (Wildman–Crippen MR) is 124 cm³/mol. The monoisotopic (exact) mass is 472 g/mol. The number of hydrogen-bond acceptors (Lipinski definition) is 7. The summed E-state index contributed by atoms with van der Waals surface area (Å²) >= 11 is 1.29. The molecule has 3 amide bonds. The van der Waals surface area contributed by atoms with Crippen LogP contribution in [0.1, 0.15) is 44.0 Å². The van der Waals surface area contributed by atoms with Gasteiger partial charge in [0.2, 0.25) is 0 Å². The van der Waals surface area contributed by atoms with E-state index in [1.165, 1.54) is 16.2 Å². The number of amides is 3. The molecular weight excluding hydrogens is 444 g/mol. The van der Waals surface area contributed by atoms with Gasteiger partial charge in [0.15, 0.2) is 5.13 Å². The van der Waals surface area contributed by atoms with Crippen LogP contribution >= 0.6 is 11.3 Å². The molecule has 1 atom stereocenters. The lowest BCUT2D eigenvalue weighted by Crippen LogP contribution is -2.55. The first kappa shape index (κ1) is 23.2. The number of carbonyl (C=O) groups excluding carboxylic acids is 3. The predicted octanol–water partition coefficient (Wildman–Crippen LogP) is 3.28. The molecular formula is C23H28N4O5S. The number of benzene rings is 1. The molecule has 1 saturated heterocycles. The summed E-state index contributed by atoms with van der Waals surface area (Å²) in [5.41, 5.74) is 1.47. The van der Waals surface area contributed by atoms with E-state index in [-0.39, 0.29) is 25.0 Å². The van der Waals surface area contributed by atoms with E-state index in [1.807, 2.05) is 17.5 Å². The molecule has 0 spiro atoms. The number of aromatic nitrogens is 1. The van der Waals surface area contributed by atoms with Crippen LogP contribution in [0.4, 0.5) is 9.93 Å². The van der Waals surface area contributed by atoms with Crippen LogP contribution in [0.3, 0.4) is 0 Å². The van der Waals surface area contributed by atoms with Gasteiger partial charge >= 0.3 is 6.09 Å². The Balaban J connectivity index is 1.39. The van der Waals surface area contributed by atoms with Crippen molar-refractivity contribution in [2.45, 2.75) is 51.3 Å². The number of nitrogens with zero attached hydrogens (tertiary/aromatic N) is 2. The smallest absolute Gasteiger partial charge is 0.411 e. The second kappa shape index (κ2) is 9.48. The third-order valence-corrected chi connectivity index (χ3v) is 5.91. The molecule has 1 aliphatic heterocycles. The summed E-state index contributed by atoms with van der Waals surface area (Å²) in [5, 5.41) is 7.99. The maximum atomic E-state index is 12.9. The molecule has 0 bridgehead atoms. The van der Waals surface area contributed by atoms with Crippen LogP contribution in [0.2, 0.25) is 0 Å². The molecule has 33 heavy (non-hydrogen) atoms. The van der Waals surface area contributed by atoms with Crippen LogP contribution in [0.5, 0.6) is 0 Å². The van der Waals surface area contributed by atoms with Crippen molar-refractivity contribution in [1.29, 1.82) is 0 Å². The van der Waals surface area contributed by atoms with Crippen molar-refractivity contribution in [2.75, 3.05) is 25.1 Å². The molecule has 2 fully saturated rings. The van der Waals surface area contributed by atoms with E-state index in [0.717, 1.165) is 18.4 Å². The van der Waals surface area contributed by atoms with Crippen molar-refractivity contribution >= 4 is 34.4 Å². The average molecular weight is 473 g/mol. The fourth-order valence-corrected chi connectivity index (χ4v) is 4.02. The number of morpholine rings is 1. The van der Waals surface area contributed by atoms with Crippen LogP contribution < -0.4 is 10.6 Å². The quantitative estimate of drug-likeness (QED) is 0.691. The van der Waals surface area contributed by atoms with Crippen molar-refractivity contribution in [3.8, 4) is 11.3 Å². The zero-order valence-corrected chi connectivity index (χ0v) is 19.7. The van der Waals surface area contributed by atoms with E-state index in [9.17, 15) is 14.4 Å². The van der Waals surface area contributed by atoms with E-state index >= 15 is 0 Å². The largest absolute Gasteiger partial charge is 0.444 e. The Morgan fingerprint density at radius 3 is 2.58 bits per heavy atom. The number of ether oxygens (including phenoxy) is 2. The Labute approximate surface area is 196 Å². The van der Waals surface area contributed by atoms with Gasteiger partial charge in [-0.1, -0.05) is 12.1 Å². The van der Waals surface area contributed by atoms with E-state index in [4.69, 9.17) is 9.47 Å². The number of rotatable bonds is 5. The first-order valence-corrected chi connectivity index (χ1v) is 11.8. The van der Waals surface area contributed by atoms with Crippen molar-refractivity contribution in [1.82, 2.24) is 15.2 Å². The molecule has 0 unspecified atom stereocenters. The molecule has 1 aromatic carbocycles. The zero-order chi connectivity index (χ0) is 23.6. The van der Waals surface area contributed by atoms with Gasteiger partial charge in [0.25, 0.3) is 11.8 Å². The van der Waals surface area contributed by atoms with Gasteiger partial charge in [-0.05, 0) is 45.7 Å². The number of hydrogen-bond donors (Lipinski definition) is 2. The van der Waals surface area contributed by atoms with Crippen molar-refractivity contribution in [2.24, 2.45) is 0 Å². The molecule has 176 valence electrons. The van der Waals surface area contributed by atoms with Gasteiger partial charge in [-0.25, -0.2) is 9.78 Å². The number of nitrogens with one attached hydrogen (secondary N) is 2. The van der Waals surface area contributed by atoms with E-state index in [0.29, 0.717) is 29.0 Å². The van der Waals surface area contributed by atoms with Gasteiger partial charge in [-0.3, -0.25) is 14.5 Å². The Morgan fingerprint density at radius 2 is 1.91 bits per heavy atom. The van der Waals surface area contributed by atoms with E-state index in [1.54, 1.807) is 32.9 Å². The SMILES string of the molecule is CC(C)(C)OC(=O)N1CCOC[C@H]1C(=O)Nc1nc(-c2ccc(C(=O)NC3CC3)cc2)cs1. The average Bonchev–Trinajstić information content (AvgIpc) is 3.47. The second-order valence-electron chi connectivity index (χ2n) is 9.12. The fraction of sp³-hybridized carbons (Fsp3) is 0.478. The van der Waals surface area contributed by atoms with Gasteiger partial charge in [-0.15, -0.1) is 11.3 Å². The highest BCUT2D eigenvalue weighted by molar-refractivity contribution is 7.14. The first-order valence-electron chi connectivity index (χ1n) is 10.9. The van der Waals surface area contributed by atoms with Crippen molar-refractivity contribution in [3.05, 3.63) is 35.2 Å². The molecule has 2 aromatic rings. The molecule has 0 radical (unpaired) electrons. The highest BCUT2D eigenvalue weighted by Gasteiger charge is 2.36. The Kier molecular flexibility index (Phi) is 6.66. The molecule has 2 N–H and O–H groups in total. The lowest BCUT2D eigenvalue weighted by Gasteiger charge is -2.35. The summed E-state index contributed by atoms with van der Waals surface area (Å²) in [7, 11) is 0. The number of carbonyl (C=O) groups is 3. The van der Waals surface area contributed by atoms with Crippen LogP contribution in [-0.4, -0.2) is 65.2 Å². The highest BCUT2D eigenvalue weighted by Crippen LogP contribution is 2.26. The summed E-state index contributed by atoms with van der Waals surface area (Å²) < 4.78 is 10.9. The minimum absolute atomic E-state index is 0.0699. The minimum Gasteiger partial charge on any atom is -0.444 e. The second-order valence-corrected chi connectivity index (χ2v) is 9.97. The van der Waals surface area contributed by atoms with Gasteiger partial charge < -0.3 is 20.1 Å². The van der Waals surface area contributed by atoms with Gasteiger partial charge in [0, 0.05) is 29.1 Å². The topological polar surface area (TPSA) is 110 Å². The summed E-state index contributed by atoms with van der Waals surface area (Å²) in [6.45, 7) is 6.06. The van der Waals surface area contributed by atoms with Crippen LogP contribution in [0, 0.1) is 0 Å². The summed E-state index contributed by atoms with van der Waals surface area (Å²) in [6.07, 6.45) is 1.54. The highest BCUT2D eigenvalue weighted by atomic mass is 32.1. The van der Waals surface area contributed by atoms with Crippen molar-refractivity contribution in [3.63, 3.8) is 0 Å².